The third-order valence-electron chi connectivity index (χ3n) is 12.7. The molecule has 0 bridgehead atoms. The van der Waals surface area contributed by atoms with Gasteiger partial charge in [0.15, 0.2) is 0 Å². The van der Waals surface area contributed by atoms with Crippen LogP contribution < -0.4 is 0 Å². The fourth-order valence-corrected chi connectivity index (χ4v) is 10.3. The summed E-state index contributed by atoms with van der Waals surface area (Å²) in [5, 5.41) is 14.5. The topological polar surface area (TPSA) is 43.9 Å². The minimum absolute atomic E-state index is 0.323. The molecule has 0 aliphatic heterocycles. The Kier molecular flexibility index (Phi) is 5.94. The molecule has 0 unspecified atom stereocenters. The van der Waals surface area contributed by atoms with Crippen LogP contribution in [0.15, 0.2) is 168 Å². The molecule has 4 nitrogen and oxygen atoms in total. The first-order valence-electron chi connectivity index (χ1n) is 19.7. The molecule has 12 aromatic rings. The number of benzene rings is 9. The maximum Gasteiger partial charge on any atom is 0.235 e. The van der Waals surface area contributed by atoms with Crippen molar-refractivity contribution in [2.45, 2.75) is 19.3 Å². The molecule has 3 heterocycles. The highest BCUT2D eigenvalue weighted by atomic mass is 16.3. The highest BCUT2D eigenvalue weighted by molar-refractivity contribution is 6.36. The van der Waals surface area contributed by atoms with Gasteiger partial charge >= 0.3 is 0 Å². The molecule has 13 rings (SSSR count). The quantitative estimate of drug-likeness (QED) is 0.167. The van der Waals surface area contributed by atoms with Crippen LogP contribution in [0.25, 0.3) is 115 Å². The van der Waals surface area contributed by atoms with E-state index in [0.29, 0.717) is 5.95 Å². The molecular weight excluding hydrogens is 695 g/mol. The summed E-state index contributed by atoms with van der Waals surface area (Å²) in [5.74, 6) is 0.661. The molecule has 0 fully saturated rings. The summed E-state index contributed by atoms with van der Waals surface area (Å²) in [6, 6.07) is 59.1. The largest absolute Gasteiger partial charge is 0.456 e. The van der Waals surface area contributed by atoms with E-state index in [4.69, 9.17) is 14.4 Å². The maximum absolute atomic E-state index is 6.30. The third kappa shape index (κ3) is 4.01. The maximum atomic E-state index is 6.30. The number of aromatic nitrogens is 3. The Balaban J connectivity index is 1.22. The van der Waals surface area contributed by atoms with Crippen molar-refractivity contribution in [3.05, 3.63) is 175 Å². The van der Waals surface area contributed by atoms with Crippen molar-refractivity contribution < 1.29 is 4.42 Å². The normalized spacial score (nSPS) is 13.6. The van der Waals surface area contributed by atoms with Crippen LogP contribution in [-0.4, -0.2) is 14.5 Å². The highest BCUT2D eigenvalue weighted by Crippen LogP contribution is 2.52. The van der Waals surface area contributed by atoms with Crippen LogP contribution >= 0.6 is 0 Å². The van der Waals surface area contributed by atoms with Crippen LogP contribution in [0.2, 0.25) is 0 Å². The average Bonchev–Trinajstić information content (AvgIpc) is 3.89. The van der Waals surface area contributed by atoms with Crippen LogP contribution in [-0.2, 0) is 5.41 Å². The van der Waals surface area contributed by atoms with E-state index in [0.717, 1.165) is 61.1 Å². The monoisotopic (exact) mass is 727 g/mol. The zero-order valence-corrected chi connectivity index (χ0v) is 31.3. The highest BCUT2D eigenvalue weighted by Gasteiger charge is 2.40. The summed E-state index contributed by atoms with van der Waals surface area (Å²) >= 11 is 0. The lowest BCUT2D eigenvalue weighted by atomic mass is 9.81. The molecule has 1 aliphatic carbocycles. The summed E-state index contributed by atoms with van der Waals surface area (Å²) in [6.45, 7) is 4.62. The summed E-state index contributed by atoms with van der Waals surface area (Å²) in [4.78, 5) is 11.4. The first-order valence-corrected chi connectivity index (χ1v) is 19.7. The first kappa shape index (κ1) is 31.0. The minimum atomic E-state index is -0.323. The Morgan fingerprint density at radius 3 is 1.91 bits per heavy atom. The lowest BCUT2D eigenvalue weighted by Crippen LogP contribution is -2.18. The van der Waals surface area contributed by atoms with Crippen molar-refractivity contribution in [2.24, 2.45) is 0 Å². The third-order valence-corrected chi connectivity index (χ3v) is 12.7. The van der Waals surface area contributed by atoms with E-state index in [1.165, 1.54) is 59.4 Å². The molecule has 1 aliphatic rings. The van der Waals surface area contributed by atoms with E-state index >= 15 is 0 Å². The van der Waals surface area contributed by atoms with Crippen molar-refractivity contribution in [3.8, 4) is 28.5 Å². The van der Waals surface area contributed by atoms with Crippen LogP contribution in [0.3, 0.4) is 0 Å². The number of furan rings is 1. The molecule has 0 radical (unpaired) electrons. The van der Waals surface area contributed by atoms with Gasteiger partial charge in [0.1, 0.15) is 11.2 Å². The van der Waals surface area contributed by atoms with E-state index in [1.807, 2.05) is 12.1 Å². The second kappa shape index (κ2) is 10.9. The number of para-hydroxylation sites is 1. The molecule has 57 heavy (non-hydrogen) atoms. The Labute approximate surface area is 327 Å². The Morgan fingerprint density at radius 2 is 1.09 bits per heavy atom. The molecule has 0 saturated carbocycles. The number of hydrogen-bond acceptors (Lipinski definition) is 3. The van der Waals surface area contributed by atoms with E-state index in [9.17, 15) is 0 Å². The molecule has 0 amide bonds. The van der Waals surface area contributed by atoms with Gasteiger partial charge in [0.2, 0.25) is 5.95 Å². The smallest absolute Gasteiger partial charge is 0.235 e. The molecule has 4 heteroatoms. The zero-order valence-electron chi connectivity index (χ0n) is 31.3. The van der Waals surface area contributed by atoms with Gasteiger partial charge in [-0.1, -0.05) is 147 Å². The Hall–Kier alpha value is -7.30. The molecule has 266 valence electrons. The average molecular weight is 728 g/mol. The van der Waals surface area contributed by atoms with Gasteiger partial charge in [-0.2, -0.15) is 0 Å². The molecular formula is C53H33N3O. The van der Waals surface area contributed by atoms with Crippen molar-refractivity contribution in [3.63, 3.8) is 0 Å². The van der Waals surface area contributed by atoms with Gasteiger partial charge in [-0.15, -0.1) is 0 Å². The molecule has 0 saturated heterocycles. The summed E-state index contributed by atoms with van der Waals surface area (Å²) < 4.78 is 8.65. The van der Waals surface area contributed by atoms with E-state index in [2.05, 4.69) is 170 Å². The Bertz CT molecular complexity index is 3700. The first-order chi connectivity index (χ1) is 28.0. The second-order valence-corrected chi connectivity index (χ2v) is 16.1. The minimum Gasteiger partial charge on any atom is -0.456 e. The van der Waals surface area contributed by atoms with E-state index in [-0.39, 0.29) is 5.41 Å². The van der Waals surface area contributed by atoms with Crippen LogP contribution in [0, 0.1) is 0 Å². The van der Waals surface area contributed by atoms with Gasteiger partial charge in [-0.3, -0.25) is 4.57 Å². The number of rotatable bonds is 2. The van der Waals surface area contributed by atoms with Crippen molar-refractivity contribution in [1.29, 1.82) is 0 Å². The summed E-state index contributed by atoms with van der Waals surface area (Å²) in [6.07, 6.45) is 0. The molecule has 0 N–H and O–H groups in total. The molecule has 3 aromatic heterocycles. The van der Waals surface area contributed by atoms with Gasteiger partial charge in [-0.25, -0.2) is 9.97 Å². The van der Waals surface area contributed by atoms with Crippen LogP contribution in [0.1, 0.15) is 25.0 Å². The molecule has 0 spiro atoms. The molecule has 0 atom stereocenters. The lowest BCUT2D eigenvalue weighted by molar-refractivity contribution is 0.657. The van der Waals surface area contributed by atoms with Gasteiger partial charge < -0.3 is 4.42 Å². The number of fused-ring (bicyclic) bond motifs is 18. The fraction of sp³-hybridized carbons (Fsp3) is 0.0566. The Morgan fingerprint density at radius 1 is 0.474 bits per heavy atom. The van der Waals surface area contributed by atoms with Gasteiger partial charge in [0.25, 0.3) is 0 Å². The summed E-state index contributed by atoms with van der Waals surface area (Å²) in [5.41, 5.74) is 10.2. The zero-order chi connectivity index (χ0) is 37.6. The van der Waals surface area contributed by atoms with Crippen molar-refractivity contribution in [1.82, 2.24) is 14.5 Å². The standard InChI is InChI=1S/C53H33N3O/c1-53(2)42-21-11-9-20-39(42)50-48(53)49(31-24-28-45-41(29-31)36-18-10-12-22-44(36)57-45)54-52(55-50)56-43-27-26-38-35-17-6-5-15-33(35)34-16-7-8-19-37(34)46(38)47(43)40-25-23-30-13-3-4-14-32(30)51(40)56/h3-29H,1-2H3. The van der Waals surface area contributed by atoms with Crippen LogP contribution in [0.4, 0.5) is 0 Å². The van der Waals surface area contributed by atoms with Gasteiger partial charge in [0, 0.05) is 54.4 Å². The predicted octanol–water partition coefficient (Wildman–Crippen LogP) is 14.1. The van der Waals surface area contributed by atoms with E-state index in [1.54, 1.807) is 0 Å². The summed E-state index contributed by atoms with van der Waals surface area (Å²) in [7, 11) is 0. The van der Waals surface area contributed by atoms with Crippen molar-refractivity contribution in [2.75, 3.05) is 0 Å². The fourth-order valence-electron chi connectivity index (χ4n) is 10.3. The van der Waals surface area contributed by atoms with Gasteiger partial charge in [-0.05, 0) is 68.2 Å². The SMILES string of the molecule is CC1(C)c2ccccc2-c2nc(-n3c4ccc5c6ccccc6c6ccccc6c5c4c4ccc5ccccc5c43)nc(-c3ccc4oc5ccccc5c4c3)c21. The number of hydrogen-bond donors (Lipinski definition) is 0. The second-order valence-electron chi connectivity index (χ2n) is 16.1. The molecule has 9 aromatic carbocycles. The van der Waals surface area contributed by atoms with Gasteiger partial charge in [0.05, 0.1) is 22.4 Å². The van der Waals surface area contributed by atoms with E-state index < -0.39 is 0 Å². The van der Waals surface area contributed by atoms with Crippen molar-refractivity contribution >= 4 is 86.8 Å². The van der Waals surface area contributed by atoms with Crippen LogP contribution in [0.5, 0.6) is 0 Å². The number of nitrogens with zero attached hydrogens (tertiary/aromatic N) is 3. The predicted molar refractivity (Wildman–Crippen MR) is 237 cm³/mol. The lowest BCUT2D eigenvalue weighted by Gasteiger charge is -2.24.